The number of ether oxygens (including phenoxy) is 1. The van der Waals surface area contributed by atoms with Gasteiger partial charge in [0.15, 0.2) is 0 Å². The van der Waals surface area contributed by atoms with Gasteiger partial charge >= 0.3 is 0 Å². The van der Waals surface area contributed by atoms with Crippen LogP contribution in [0, 0.1) is 0 Å². The molecule has 1 amide bonds. The summed E-state index contributed by atoms with van der Waals surface area (Å²) in [6.45, 7) is 4.39. The number of hydrogen-bond acceptors (Lipinski definition) is 2. The second kappa shape index (κ2) is 6.68. The van der Waals surface area contributed by atoms with E-state index in [4.69, 9.17) is 10.5 Å². The number of amides is 1. The standard InChI is InChI=1S/C13H18N2O2/c1-3-4-9-17-12-7-5-11(6-8-12)13(16)15-10(2)14/h5-8H,3-4,9H2,1-2H3,(H2,14,15,16). The van der Waals surface area contributed by atoms with Gasteiger partial charge in [0.1, 0.15) is 11.6 Å². The maximum Gasteiger partial charge on any atom is 0.278 e. The van der Waals surface area contributed by atoms with Gasteiger partial charge in [0.2, 0.25) is 0 Å². The maximum absolute atomic E-state index is 11.5. The molecule has 4 nitrogen and oxygen atoms in total. The molecule has 17 heavy (non-hydrogen) atoms. The van der Waals surface area contributed by atoms with Crippen LogP contribution in [0.5, 0.6) is 5.75 Å². The van der Waals surface area contributed by atoms with E-state index >= 15 is 0 Å². The fourth-order valence-corrected chi connectivity index (χ4v) is 1.25. The molecule has 2 N–H and O–H groups in total. The second-order valence-corrected chi connectivity index (χ2v) is 3.78. The van der Waals surface area contributed by atoms with Gasteiger partial charge in [0, 0.05) is 5.56 Å². The van der Waals surface area contributed by atoms with Crippen molar-refractivity contribution in [2.45, 2.75) is 26.7 Å². The Morgan fingerprint density at radius 1 is 1.35 bits per heavy atom. The highest BCUT2D eigenvalue weighted by molar-refractivity contribution is 6.02. The summed E-state index contributed by atoms with van der Waals surface area (Å²) in [6.07, 6.45) is 2.12. The number of carbonyl (C=O) groups excluding carboxylic acids is 1. The van der Waals surface area contributed by atoms with E-state index in [2.05, 4.69) is 11.9 Å². The minimum atomic E-state index is -0.329. The molecule has 1 aromatic rings. The number of unbranched alkanes of at least 4 members (excludes halogenated alkanes) is 1. The second-order valence-electron chi connectivity index (χ2n) is 3.78. The Hall–Kier alpha value is -1.84. The highest BCUT2D eigenvalue weighted by Gasteiger charge is 2.03. The van der Waals surface area contributed by atoms with Crippen LogP contribution in [-0.2, 0) is 0 Å². The fourth-order valence-electron chi connectivity index (χ4n) is 1.25. The minimum absolute atomic E-state index is 0.262. The molecule has 1 rings (SSSR count). The zero-order valence-electron chi connectivity index (χ0n) is 10.3. The number of carbonyl (C=O) groups is 1. The van der Waals surface area contributed by atoms with Crippen molar-refractivity contribution in [3.8, 4) is 5.75 Å². The zero-order chi connectivity index (χ0) is 12.7. The third kappa shape index (κ3) is 4.68. The number of nitrogens with two attached hydrogens (primary N) is 1. The minimum Gasteiger partial charge on any atom is -0.494 e. The molecule has 0 heterocycles. The summed E-state index contributed by atoms with van der Waals surface area (Å²) >= 11 is 0. The Kier molecular flexibility index (Phi) is 5.20. The van der Waals surface area contributed by atoms with Crippen molar-refractivity contribution in [2.75, 3.05) is 6.61 Å². The van der Waals surface area contributed by atoms with Gasteiger partial charge in [-0.05, 0) is 37.6 Å². The lowest BCUT2D eigenvalue weighted by Gasteiger charge is -2.05. The van der Waals surface area contributed by atoms with E-state index in [1.54, 1.807) is 31.2 Å². The molecule has 0 aliphatic rings. The molecule has 0 bridgehead atoms. The molecule has 0 aliphatic heterocycles. The van der Waals surface area contributed by atoms with E-state index < -0.39 is 0 Å². The number of benzene rings is 1. The lowest BCUT2D eigenvalue weighted by molar-refractivity contribution is 0.100. The van der Waals surface area contributed by atoms with Crippen LogP contribution in [0.25, 0.3) is 0 Å². The van der Waals surface area contributed by atoms with Crippen LogP contribution in [0.2, 0.25) is 0 Å². The summed E-state index contributed by atoms with van der Waals surface area (Å²) in [5.41, 5.74) is 5.86. The molecule has 92 valence electrons. The van der Waals surface area contributed by atoms with Crippen LogP contribution in [0.3, 0.4) is 0 Å². The first kappa shape index (κ1) is 13.2. The molecule has 0 saturated carbocycles. The first-order chi connectivity index (χ1) is 8.13. The van der Waals surface area contributed by atoms with Crippen molar-refractivity contribution in [3.05, 3.63) is 29.8 Å². The van der Waals surface area contributed by atoms with E-state index in [0.717, 1.165) is 18.6 Å². The predicted octanol–water partition coefficient (Wildman–Crippen LogP) is 2.38. The smallest absolute Gasteiger partial charge is 0.278 e. The average Bonchev–Trinajstić information content (AvgIpc) is 2.29. The van der Waals surface area contributed by atoms with Gasteiger partial charge in [-0.1, -0.05) is 13.3 Å². The van der Waals surface area contributed by atoms with E-state index in [0.29, 0.717) is 12.2 Å². The normalized spacial score (nSPS) is 11.3. The van der Waals surface area contributed by atoms with Gasteiger partial charge in [0.25, 0.3) is 5.91 Å². The Morgan fingerprint density at radius 2 is 2.00 bits per heavy atom. The Balaban J connectivity index is 2.61. The van der Waals surface area contributed by atoms with E-state index in [1.807, 2.05) is 0 Å². The summed E-state index contributed by atoms with van der Waals surface area (Å²) in [5, 5.41) is 0. The van der Waals surface area contributed by atoms with Crippen molar-refractivity contribution in [3.63, 3.8) is 0 Å². The molecule has 0 aromatic heterocycles. The molecule has 0 unspecified atom stereocenters. The highest BCUT2D eigenvalue weighted by atomic mass is 16.5. The van der Waals surface area contributed by atoms with E-state index in [-0.39, 0.29) is 11.7 Å². The summed E-state index contributed by atoms with van der Waals surface area (Å²) in [7, 11) is 0. The number of amidine groups is 1. The number of nitrogens with zero attached hydrogens (tertiary/aromatic N) is 1. The Labute approximate surface area is 101 Å². The summed E-state index contributed by atoms with van der Waals surface area (Å²) < 4.78 is 5.49. The molecule has 0 atom stereocenters. The third-order valence-corrected chi connectivity index (χ3v) is 2.15. The predicted molar refractivity (Wildman–Crippen MR) is 68.5 cm³/mol. The van der Waals surface area contributed by atoms with Gasteiger partial charge in [-0.25, -0.2) is 0 Å². The Bertz CT molecular complexity index is 392. The van der Waals surface area contributed by atoms with Crippen LogP contribution in [0.4, 0.5) is 0 Å². The zero-order valence-corrected chi connectivity index (χ0v) is 10.3. The lowest BCUT2D eigenvalue weighted by Crippen LogP contribution is -2.09. The third-order valence-electron chi connectivity index (χ3n) is 2.15. The van der Waals surface area contributed by atoms with Gasteiger partial charge in [-0.15, -0.1) is 0 Å². The molecular weight excluding hydrogens is 216 g/mol. The lowest BCUT2D eigenvalue weighted by atomic mass is 10.2. The molecule has 0 spiro atoms. The van der Waals surface area contributed by atoms with Gasteiger partial charge in [-0.3, -0.25) is 4.79 Å². The molecule has 0 fully saturated rings. The van der Waals surface area contributed by atoms with Crippen molar-refractivity contribution in [1.29, 1.82) is 0 Å². The molecule has 1 aromatic carbocycles. The van der Waals surface area contributed by atoms with Crippen molar-refractivity contribution in [1.82, 2.24) is 0 Å². The Morgan fingerprint density at radius 3 is 2.53 bits per heavy atom. The largest absolute Gasteiger partial charge is 0.494 e. The van der Waals surface area contributed by atoms with Crippen LogP contribution in [0.1, 0.15) is 37.0 Å². The monoisotopic (exact) mass is 234 g/mol. The molecule has 0 saturated heterocycles. The van der Waals surface area contributed by atoms with Crippen LogP contribution >= 0.6 is 0 Å². The first-order valence-electron chi connectivity index (χ1n) is 5.71. The number of rotatable bonds is 5. The topological polar surface area (TPSA) is 64.7 Å². The highest BCUT2D eigenvalue weighted by Crippen LogP contribution is 2.13. The van der Waals surface area contributed by atoms with Crippen molar-refractivity contribution in [2.24, 2.45) is 10.7 Å². The van der Waals surface area contributed by atoms with E-state index in [1.165, 1.54) is 0 Å². The average molecular weight is 234 g/mol. The van der Waals surface area contributed by atoms with Gasteiger partial charge in [0.05, 0.1) is 6.61 Å². The number of hydrogen-bond donors (Lipinski definition) is 1. The quantitative estimate of drug-likeness (QED) is 0.483. The van der Waals surface area contributed by atoms with Gasteiger partial charge < -0.3 is 10.5 Å². The van der Waals surface area contributed by atoms with Crippen molar-refractivity contribution < 1.29 is 9.53 Å². The summed E-state index contributed by atoms with van der Waals surface area (Å²) in [6, 6.07) is 6.92. The van der Waals surface area contributed by atoms with E-state index in [9.17, 15) is 4.79 Å². The van der Waals surface area contributed by atoms with Crippen molar-refractivity contribution >= 4 is 11.7 Å². The summed E-state index contributed by atoms with van der Waals surface area (Å²) in [4.78, 5) is 15.2. The fraction of sp³-hybridized carbons (Fsp3) is 0.385. The SMILES string of the molecule is CCCCOc1ccc(C(=O)N=C(C)N)cc1. The first-order valence-corrected chi connectivity index (χ1v) is 5.71. The molecule has 0 radical (unpaired) electrons. The molecular formula is C13H18N2O2. The van der Waals surface area contributed by atoms with Crippen LogP contribution in [0.15, 0.2) is 29.3 Å². The maximum atomic E-state index is 11.5. The molecule has 0 aliphatic carbocycles. The van der Waals surface area contributed by atoms with Crippen LogP contribution < -0.4 is 10.5 Å². The molecule has 4 heteroatoms. The summed E-state index contributed by atoms with van der Waals surface area (Å²) in [5.74, 6) is 0.701. The van der Waals surface area contributed by atoms with Crippen LogP contribution in [-0.4, -0.2) is 18.3 Å². The van der Waals surface area contributed by atoms with Gasteiger partial charge in [-0.2, -0.15) is 4.99 Å². The number of aliphatic imine (C=N–C) groups is 1.